The lowest BCUT2D eigenvalue weighted by atomic mass is 10.1. The second-order valence-electron chi connectivity index (χ2n) is 5.24. The number of Topliss-reactive ketones (excluding diaryl/α,β-unsaturated/α-hetero) is 1. The van der Waals surface area contributed by atoms with Gasteiger partial charge in [0.25, 0.3) is 0 Å². The van der Waals surface area contributed by atoms with Gasteiger partial charge in [0.05, 0.1) is 12.6 Å². The highest BCUT2D eigenvalue weighted by molar-refractivity contribution is 5.97. The van der Waals surface area contributed by atoms with E-state index < -0.39 is 0 Å². The first-order valence-corrected chi connectivity index (χ1v) is 6.72. The molecule has 106 valence electrons. The second-order valence-corrected chi connectivity index (χ2v) is 5.24. The molecule has 2 aliphatic rings. The van der Waals surface area contributed by atoms with Crippen LogP contribution in [0.15, 0.2) is 24.3 Å². The highest BCUT2D eigenvalue weighted by Crippen LogP contribution is 2.15. The van der Waals surface area contributed by atoms with Crippen molar-refractivity contribution in [2.75, 3.05) is 32.7 Å². The van der Waals surface area contributed by atoms with Crippen LogP contribution in [0.4, 0.5) is 4.79 Å². The minimum absolute atomic E-state index is 0.000453. The van der Waals surface area contributed by atoms with Gasteiger partial charge < -0.3 is 15.3 Å². The van der Waals surface area contributed by atoms with E-state index in [0.29, 0.717) is 31.7 Å². The third-order valence-electron chi connectivity index (χ3n) is 3.87. The highest BCUT2D eigenvalue weighted by Gasteiger charge is 2.35. The molecular weight excluding hydrogens is 258 g/mol. The van der Waals surface area contributed by atoms with Crippen LogP contribution in [0.25, 0.3) is 0 Å². The lowest BCUT2D eigenvalue weighted by Gasteiger charge is -2.35. The molecular formula is C14H17N3O3. The third kappa shape index (κ3) is 2.46. The molecule has 0 bridgehead atoms. The van der Waals surface area contributed by atoms with Crippen LogP contribution >= 0.6 is 0 Å². The number of piperazine rings is 1. The molecule has 0 radical (unpaired) electrons. The van der Waals surface area contributed by atoms with E-state index in [1.54, 1.807) is 12.1 Å². The molecule has 2 amide bonds. The molecule has 1 atom stereocenters. The van der Waals surface area contributed by atoms with Crippen LogP contribution in [-0.4, -0.2) is 65.5 Å². The van der Waals surface area contributed by atoms with Crippen LogP contribution in [0.5, 0.6) is 5.75 Å². The van der Waals surface area contributed by atoms with Gasteiger partial charge in [0.1, 0.15) is 5.75 Å². The Morgan fingerprint density at radius 2 is 2.05 bits per heavy atom. The second kappa shape index (κ2) is 5.13. The zero-order valence-electron chi connectivity index (χ0n) is 11.1. The average molecular weight is 275 g/mol. The van der Waals surface area contributed by atoms with Crippen molar-refractivity contribution in [2.24, 2.45) is 0 Å². The predicted molar refractivity (Wildman–Crippen MR) is 72.8 cm³/mol. The standard InChI is InChI=1S/C14H17N3O3/c18-12-3-1-10(2-4-12)13(19)9-16-5-6-17-11(8-16)7-15-14(17)20/h1-4,11,18H,5-9H2,(H,15,20). The first-order chi connectivity index (χ1) is 9.63. The van der Waals surface area contributed by atoms with E-state index in [9.17, 15) is 14.7 Å². The van der Waals surface area contributed by atoms with E-state index in [0.717, 1.165) is 6.54 Å². The molecule has 6 nitrogen and oxygen atoms in total. The Bertz CT molecular complexity index is 529. The van der Waals surface area contributed by atoms with Crippen molar-refractivity contribution in [3.05, 3.63) is 29.8 Å². The number of nitrogens with one attached hydrogen (secondary N) is 1. The van der Waals surface area contributed by atoms with Crippen molar-refractivity contribution >= 4 is 11.8 Å². The first-order valence-electron chi connectivity index (χ1n) is 6.72. The number of nitrogens with zero attached hydrogens (tertiary/aromatic N) is 2. The van der Waals surface area contributed by atoms with Gasteiger partial charge in [0.15, 0.2) is 5.78 Å². The van der Waals surface area contributed by atoms with E-state index in [1.807, 2.05) is 4.90 Å². The number of amides is 2. The molecule has 2 aliphatic heterocycles. The summed E-state index contributed by atoms with van der Waals surface area (Å²) >= 11 is 0. The van der Waals surface area contributed by atoms with Gasteiger partial charge in [-0.15, -0.1) is 0 Å². The number of rotatable bonds is 3. The molecule has 2 heterocycles. The zero-order chi connectivity index (χ0) is 14.1. The van der Waals surface area contributed by atoms with Crippen molar-refractivity contribution in [1.82, 2.24) is 15.1 Å². The first kappa shape index (κ1) is 12.9. The Hall–Kier alpha value is -2.08. The van der Waals surface area contributed by atoms with E-state index >= 15 is 0 Å². The van der Waals surface area contributed by atoms with Crippen molar-refractivity contribution in [1.29, 1.82) is 0 Å². The molecule has 1 aromatic rings. The highest BCUT2D eigenvalue weighted by atomic mass is 16.3. The number of hydrogen-bond donors (Lipinski definition) is 2. The van der Waals surface area contributed by atoms with Crippen LogP contribution in [0.1, 0.15) is 10.4 Å². The van der Waals surface area contributed by atoms with Crippen LogP contribution in [-0.2, 0) is 0 Å². The van der Waals surface area contributed by atoms with Gasteiger partial charge in [-0.1, -0.05) is 0 Å². The van der Waals surface area contributed by atoms with E-state index in [-0.39, 0.29) is 23.6 Å². The molecule has 2 N–H and O–H groups in total. The van der Waals surface area contributed by atoms with E-state index in [1.165, 1.54) is 12.1 Å². The molecule has 6 heteroatoms. The Balaban J connectivity index is 1.60. The molecule has 1 aromatic carbocycles. The Labute approximate surface area is 117 Å². The van der Waals surface area contributed by atoms with Crippen molar-refractivity contribution in [3.63, 3.8) is 0 Å². The quantitative estimate of drug-likeness (QED) is 0.777. The van der Waals surface area contributed by atoms with Crippen LogP contribution in [0.2, 0.25) is 0 Å². The molecule has 0 aliphatic carbocycles. The topological polar surface area (TPSA) is 72.9 Å². The SMILES string of the molecule is O=C(CN1CCN2C(=O)NCC2C1)c1ccc(O)cc1. The largest absolute Gasteiger partial charge is 0.508 e. The minimum Gasteiger partial charge on any atom is -0.508 e. The van der Waals surface area contributed by atoms with Gasteiger partial charge in [-0.2, -0.15) is 0 Å². The number of benzene rings is 1. The van der Waals surface area contributed by atoms with Crippen LogP contribution in [0, 0.1) is 0 Å². The maximum absolute atomic E-state index is 12.2. The number of phenolic OH excluding ortho intramolecular Hbond substituents is 1. The number of carbonyl (C=O) groups excluding carboxylic acids is 2. The normalized spacial score (nSPS) is 22.5. The van der Waals surface area contributed by atoms with Crippen molar-refractivity contribution in [2.45, 2.75) is 6.04 Å². The summed E-state index contributed by atoms with van der Waals surface area (Å²) < 4.78 is 0. The fourth-order valence-electron chi connectivity index (χ4n) is 2.75. The lowest BCUT2D eigenvalue weighted by Crippen LogP contribution is -2.53. The number of hydrogen-bond acceptors (Lipinski definition) is 4. The summed E-state index contributed by atoms with van der Waals surface area (Å²) in [5.41, 5.74) is 0.603. The summed E-state index contributed by atoms with van der Waals surface area (Å²) in [4.78, 5) is 27.6. The summed E-state index contributed by atoms with van der Waals surface area (Å²) in [7, 11) is 0. The molecule has 20 heavy (non-hydrogen) atoms. The maximum atomic E-state index is 12.2. The monoisotopic (exact) mass is 275 g/mol. The molecule has 0 spiro atoms. The van der Waals surface area contributed by atoms with Crippen LogP contribution < -0.4 is 5.32 Å². The molecule has 0 saturated carbocycles. The summed E-state index contributed by atoms with van der Waals surface area (Å²) in [5, 5.41) is 12.0. The molecule has 1 unspecified atom stereocenters. The van der Waals surface area contributed by atoms with Gasteiger partial charge in [-0.25, -0.2) is 4.79 Å². The van der Waals surface area contributed by atoms with E-state index in [4.69, 9.17) is 0 Å². The van der Waals surface area contributed by atoms with E-state index in [2.05, 4.69) is 10.2 Å². The Morgan fingerprint density at radius 3 is 2.80 bits per heavy atom. The van der Waals surface area contributed by atoms with Gasteiger partial charge in [0, 0.05) is 31.7 Å². The predicted octanol–water partition coefficient (Wildman–Crippen LogP) is 0.284. The fourth-order valence-corrected chi connectivity index (χ4v) is 2.75. The molecule has 2 saturated heterocycles. The Kier molecular flexibility index (Phi) is 3.31. The minimum atomic E-state index is -0.000453. The van der Waals surface area contributed by atoms with Gasteiger partial charge in [0.2, 0.25) is 0 Å². The van der Waals surface area contributed by atoms with Crippen LogP contribution in [0.3, 0.4) is 0 Å². The third-order valence-corrected chi connectivity index (χ3v) is 3.87. The smallest absolute Gasteiger partial charge is 0.317 e. The van der Waals surface area contributed by atoms with Gasteiger partial charge in [-0.05, 0) is 24.3 Å². The fraction of sp³-hybridized carbons (Fsp3) is 0.429. The molecule has 3 rings (SSSR count). The average Bonchev–Trinajstić information content (AvgIpc) is 2.81. The van der Waals surface area contributed by atoms with Gasteiger partial charge >= 0.3 is 6.03 Å². The lowest BCUT2D eigenvalue weighted by molar-refractivity contribution is 0.0838. The van der Waals surface area contributed by atoms with Gasteiger partial charge in [-0.3, -0.25) is 9.69 Å². The zero-order valence-corrected chi connectivity index (χ0v) is 11.1. The number of carbonyl (C=O) groups is 2. The Morgan fingerprint density at radius 1 is 1.30 bits per heavy atom. The number of aromatic hydroxyl groups is 1. The number of fused-ring (bicyclic) bond motifs is 1. The summed E-state index contributed by atoms with van der Waals surface area (Å²) in [6.07, 6.45) is 0. The summed E-state index contributed by atoms with van der Waals surface area (Å²) in [6, 6.07) is 6.47. The molecule has 0 aromatic heterocycles. The number of urea groups is 1. The number of ketones is 1. The van der Waals surface area contributed by atoms with Crippen molar-refractivity contribution in [3.8, 4) is 5.75 Å². The summed E-state index contributed by atoms with van der Waals surface area (Å²) in [5.74, 6) is 0.196. The maximum Gasteiger partial charge on any atom is 0.317 e. The number of phenols is 1. The molecule has 2 fully saturated rings. The van der Waals surface area contributed by atoms with Crippen molar-refractivity contribution < 1.29 is 14.7 Å². The summed E-state index contributed by atoms with van der Waals surface area (Å²) in [6.45, 7) is 3.11.